The predicted octanol–water partition coefficient (Wildman–Crippen LogP) is 9.51. The number of hydrogen-bond donors (Lipinski definition) is 3. The third kappa shape index (κ3) is 22.7. The third-order valence-corrected chi connectivity index (χ3v) is 7.91. The number of hydrogen-bond acceptors (Lipinski definition) is 3. The van der Waals surface area contributed by atoms with Gasteiger partial charge in [0.1, 0.15) is 5.75 Å². The number of aromatic hydroxyl groups is 1. The van der Waals surface area contributed by atoms with Crippen LogP contribution in [0.25, 0.3) is 0 Å². The van der Waals surface area contributed by atoms with Crippen molar-refractivity contribution in [1.82, 2.24) is 10.6 Å². The maximum atomic E-state index is 11.9. The number of nitrogens with one attached hydrogen (secondary N) is 2. The van der Waals surface area contributed by atoms with Crippen LogP contribution in [0, 0.1) is 0 Å². The minimum absolute atomic E-state index is 0.179. The van der Waals surface area contributed by atoms with Gasteiger partial charge in [-0.1, -0.05) is 167 Å². The summed E-state index contributed by atoms with van der Waals surface area (Å²) < 4.78 is 0. The molecular weight excluding hydrogens is 496 g/mol. The number of amides is 2. The lowest BCUT2D eigenvalue weighted by atomic mass is 10.0. The van der Waals surface area contributed by atoms with Crippen molar-refractivity contribution >= 4 is 11.8 Å². The van der Waals surface area contributed by atoms with Gasteiger partial charge in [-0.3, -0.25) is 9.59 Å². The molecule has 3 N–H and O–H groups in total. The van der Waals surface area contributed by atoms with Gasteiger partial charge in [-0.25, -0.2) is 0 Å². The largest absolute Gasteiger partial charge is 0.508 e. The average Bonchev–Trinajstić information content (AvgIpc) is 2.96. The molecule has 0 aromatic heterocycles. The lowest BCUT2D eigenvalue weighted by molar-refractivity contribution is -0.139. The SMILES string of the molecule is CCCCCCCCCCCCCCCCCCCCCCCCCCNC(=O)C(=O)NCc1ccc(O)cc1. The smallest absolute Gasteiger partial charge is 0.309 e. The van der Waals surface area contributed by atoms with Crippen molar-refractivity contribution in [1.29, 1.82) is 0 Å². The van der Waals surface area contributed by atoms with E-state index in [1.165, 1.54) is 141 Å². The first-order chi connectivity index (χ1) is 19.6. The molecule has 40 heavy (non-hydrogen) atoms. The number of carbonyl (C=O) groups excluding carboxylic acids is 2. The van der Waals surface area contributed by atoms with Crippen molar-refractivity contribution in [3.05, 3.63) is 29.8 Å². The zero-order valence-electron chi connectivity index (χ0n) is 26.0. The van der Waals surface area contributed by atoms with Gasteiger partial charge >= 0.3 is 11.8 Å². The van der Waals surface area contributed by atoms with Crippen LogP contribution in [0.1, 0.15) is 167 Å². The van der Waals surface area contributed by atoms with Crippen LogP contribution in [-0.4, -0.2) is 23.5 Å². The maximum Gasteiger partial charge on any atom is 0.309 e. The zero-order valence-corrected chi connectivity index (χ0v) is 26.0. The fourth-order valence-corrected chi connectivity index (χ4v) is 5.25. The Balaban J connectivity index is 1.74. The molecule has 0 heterocycles. The highest BCUT2D eigenvalue weighted by molar-refractivity contribution is 6.35. The molecule has 0 fully saturated rings. The number of rotatable bonds is 27. The van der Waals surface area contributed by atoms with Gasteiger partial charge in [0.05, 0.1) is 0 Å². The Labute approximate surface area is 246 Å². The first kappa shape index (κ1) is 36.0. The Morgan fingerprint density at radius 3 is 1.20 bits per heavy atom. The monoisotopic (exact) mass is 558 g/mol. The summed E-state index contributed by atoms with van der Waals surface area (Å²) in [6.45, 7) is 3.11. The van der Waals surface area contributed by atoms with Crippen LogP contribution in [0.4, 0.5) is 0 Å². The van der Waals surface area contributed by atoms with Crippen LogP contribution in [-0.2, 0) is 16.1 Å². The van der Waals surface area contributed by atoms with Gasteiger partial charge in [-0.05, 0) is 24.1 Å². The van der Waals surface area contributed by atoms with Crippen molar-refractivity contribution in [3.63, 3.8) is 0 Å². The Bertz CT molecular complexity index is 720. The van der Waals surface area contributed by atoms with Crippen molar-refractivity contribution in [2.24, 2.45) is 0 Å². The van der Waals surface area contributed by atoms with Crippen molar-refractivity contribution in [3.8, 4) is 5.75 Å². The lowest BCUT2D eigenvalue weighted by Crippen LogP contribution is -2.39. The second-order valence-corrected chi connectivity index (χ2v) is 11.7. The third-order valence-electron chi connectivity index (χ3n) is 7.91. The summed E-state index contributed by atoms with van der Waals surface area (Å²) >= 11 is 0. The molecule has 0 atom stereocenters. The molecule has 5 heteroatoms. The van der Waals surface area contributed by atoms with E-state index >= 15 is 0 Å². The molecule has 0 spiro atoms. The first-order valence-corrected chi connectivity index (χ1v) is 17.0. The van der Waals surface area contributed by atoms with E-state index in [4.69, 9.17) is 0 Å². The molecule has 0 aliphatic rings. The summed E-state index contributed by atoms with van der Waals surface area (Å²) in [5.74, 6) is -1.01. The molecule has 1 rings (SSSR count). The fraction of sp³-hybridized carbons (Fsp3) is 0.771. The molecule has 0 radical (unpaired) electrons. The van der Waals surface area contributed by atoms with Gasteiger partial charge in [0.25, 0.3) is 0 Å². The van der Waals surface area contributed by atoms with Gasteiger partial charge in [-0.2, -0.15) is 0 Å². The second-order valence-electron chi connectivity index (χ2n) is 11.7. The normalized spacial score (nSPS) is 11.0. The first-order valence-electron chi connectivity index (χ1n) is 17.0. The van der Waals surface area contributed by atoms with Crippen LogP contribution in [0.2, 0.25) is 0 Å². The van der Waals surface area contributed by atoms with Gasteiger partial charge in [-0.15, -0.1) is 0 Å². The molecule has 1 aromatic rings. The minimum atomic E-state index is -0.614. The van der Waals surface area contributed by atoms with Gasteiger partial charge in [0.2, 0.25) is 0 Å². The van der Waals surface area contributed by atoms with E-state index in [9.17, 15) is 14.7 Å². The van der Waals surface area contributed by atoms with E-state index in [1.54, 1.807) is 24.3 Å². The fourth-order valence-electron chi connectivity index (χ4n) is 5.25. The molecule has 0 saturated heterocycles. The Morgan fingerprint density at radius 2 is 0.825 bits per heavy atom. The quantitative estimate of drug-likeness (QED) is 0.0743. The summed E-state index contributed by atoms with van der Waals surface area (Å²) in [5.41, 5.74) is 0.837. The molecular formula is C35H62N2O3. The number of phenols is 1. The van der Waals surface area contributed by atoms with Crippen LogP contribution >= 0.6 is 0 Å². The van der Waals surface area contributed by atoms with Gasteiger partial charge in [0.15, 0.2) is 0 Å². The van der Waals surface area contributed by atoms with Crippen molar-refractivity contribution < 1.29 is 14.7 Å². The molecule has 1 aromatic carbocycles. The number of carbonyl (C=O) groups is 2. The molecule has 0 aliphatic heterocycles. The Kier molecular flexibility index (Phi) is 24.4. The Hall–Kier alpha value is -2.04. The number of phenolic OH excluding ortho intramolecular Hbond substituents is 1. The summed E-state index contributed by atoms with van der Waals surface area (Å²) in [7, 11) is 0. The Morgan fingerprint density at radius 1 is 0.500 bits per heavy atom. The second kappa shape index (κ2) is 27.1. The molecule has 0 unspecified atom stereocenters. The summed E-state index contributed by atoms with van der Waals surface area (Å²) in [4.78, 5) is 23.8. The zero-order chi connectivity index (χ0) is 28.9. The minimum Gasteiger partial charge on any atom is -0.508 e. The van der Waals surface area contributed by atoms with Crippen LogP contribution in [0.15, 0.2) is 24.3 Å². The molecule has 0 saturated carbocycles. The summed E-state index contributed by atoms with van der Waals surface area (Å²) in [6.07, 6.45) is 32.8. The predicted molar refractivity (Wildman–Crippen MR) is 169 cm³/mol. The van der Waals surface area contributed by atoms with Gasteiger partial charge in [0, 0.05) is 13.1 Å². The standard InChI is InChI=1S/C35H62N2O3/c1-2-3-4-5-6-7-8-9-10-11-12-13-14-15-16-17-18-19-20-21-22-23-24-25-30-36-34(39)35(40)37-31-32-26-28-33(38)29-27-32/h26-29,38H,2-25,30-31H2,1H3,(H,36,39)(H,37,40). The lowest BCUT2D eigenvalue weighted by Gasteiger charge is -2.07. The molecule has 2 amide bonds. The number of unbranched alkanes of at least 4 members (excludes halogenated alkanes) is 23. The van der Waals surface area contributed by atoms with Crippen LogP contribution < -0.4 is 10.6 Å². The van der Waals surface area contributed by atoms with Crippen molar-refractivity contribution in [2.75, 3.05) is 6.54 Å². The molecule has 0 aliphatic carbocycles. The summed E-state index contributed by atoms with van der Waals surface area (Å²) in [5, 5.41) is 14.6. The highest BCUT2D eigenvalue weighted by Crippen LogP contribution is 2.15. The highest BCUT2D eigenvalue weighted by atomic mass is 16.3. The maximum absolute atomic E-state index is 11.9. The highest BCUT2D eigenvalue weighted by Gasteiger charge is 2.12. The molecule has 5 nitrogen and oxygen atoms in total. The van der Waals surface area contributed by atoms with E-state index in [2.05, 4.69) is 17.6 Å². The van der Waals surface area contributed by atoms with E-state index < -0.39 is 11.8 Å². The van der Waals surface area contributed by atoms with E-state index in [1.807, 2.05) is 0 Å². The molecule has 0 bridgehead atoms. The van der Waals surface area contributed by atoms with E-state index in [0.717, 1.165) is 18.4 Å². The van der Waals surface area contributed by atoms with Crippen LogP contribution in [0.3, 0.4) is 0 Å². The van der Waals surface area contributed by atoms with Crippen molar-refractivity contribution in [2.45, 2.75) is 168 Å². The van der Waals surface area contributed by atoms with Gasteiger partial charge < -0.3 is 15.7 Å². The number of benzene rings is 1. The van der Waals surface area contributed by atoms with Crippen LogP contribution in [0.5, 0.6) is 5.75 Å². The molecule has 230 valence electrons. The van der Waals surface area contributed by atoms with E-state index in [-0.39, 0.29) is 12.3 Å². The average molecular weight is 559 g/mol. The topological polar surface area (TPSA) is 78.4 Å². The summed E-state index contributed by atoms with van der Waals surface area (Å²) in [6, 6.07) is 6.55. The van der Waals surface area contributed by atoms with E-state index in [0.29, 0.717) is 6.54 Å².